The van der Waals surface area contributed by atoms with Gasteiger partial charge in [-0.05, 0) is 35.7 Å². The summed E-state index contributed by atoms with van der Waals surface area (Å²) in [6.45, 7) is 3.38. The molecule has 0 aliphatic carbocycles. The molecular formula is C15H16N2O2S. The van der Waals surface area contributed by atoms with Gasteiger partial charge in [0, 0.05) is 29.8 Å². The van der Waals surface area contributed by atoms with Gasteiger partial charge in [0.05, 0.1) is 18.8 Å². The van der Waals surface area contributed by atoms with Gasteiger partial charge in [-0.15, -0.1) is 0 Å². The van der Waals surface area contributed by atoms with Crippen molar-refractivity contribution >= 4 is 28.6 Å². The zero-order valence-electron chi connectivity index (χ0n) is 11.0. The largest absolute Gasteiger partial charge is 0.378 e. The molecule has 2 heterocycles. The smallest absolute Gasteiger partial charge is 0.256 e. The molecule has 0 spiro atoms. The number of hydrogen-bond acceptors (Lipinski definition) is 4. The summed E-state index contributed by atoms with van der Waals surface area (Å²) in [6.07, 6.45) is 0. The predicted octanol–water partition coefficient (Wildman–Crippen LogP) is 2.84. The lowest BCUT2D eigenvalue weighted by atomic mass is 10.2. The topological polar surface area (TPSA) is 41.6 Å². The van der Waals surface area contributed by atoms with E-state index in [9.17, 15) is 4.79 Å². The number of morpholine rings is 1. The van der Waals surface area contributed by atoms with Crippen LogP contribution in [0.3, 0.4) is 0 Å². The Labute approximate surface area is 122 Å². The molecule has 4 nitrogen and oxygen atoms in total. The maximum Gasteiger partial charge on any atom is 0.256 e. The van der Waals surface area contributed by atoms with E-state index in [1.54, 1.807) is 0 Å². The molecule has 0 unspecified atom stereocenters. The van der Waals surface area contributed by atoms with E-state index < -0.39 is 0 Å². The van der Waals surface area contributed by atoms with Gasteiger partial charge in [0.1, 0.15) is 0 Å². The minimum Gasteiger partial charge on any atom is -0.378 e. The Morgan fingerprint density at radius 3 is 2.55 bits per heavy atom. The van der Waals surface area contributed by atoms with Gasteiger partial charge in [-0.1, -0.05) is 0 Å². The molecule has 1 saturated heterocycles. The highest BCUT2D eigenvalue weighted by atomic mass is 32.1. The average Bonchev–Trinajstić information content (AvgIpc) is 3.03. The lowest BCUT2D eigenvalue weighted by Gasteiger charge is -2.28. The predicted molar refractivity (Wildman–Crippen MR) is 81.7 cm³/mol. The van der Waals surface area contributed by atoms with Crippen LogP contribution in [0.1, 0.15) is 10.4 Å². The molecule has 1 aliphatic rings. The lowest BCUT2D eigenvalue weighted by Crippen LogP contribution is -2.36. The Morgan fingerprint density at radius 1 is 1.15 bits per heavy atom. The first kappa shape index (κ1) is 13.1. The highest BCUT2D eigenvalue weighted by molar-refractivity contribution is 7.08. The molecule has 1 aliphatic heterocycles. The number of rotatable bonds is 3. The Balaban J connectivity index is 1.65. The number of nitrogens with one attached hydrogen (secondary N) is 1. The first-order valence-electron chi connectivity index (χ1n) is 6.59. The fourth-order valence-electron chi connectivity index (χ4n) is 2.17. The van der Waals surface area contributed by atoms with Crippen molar-refractivity contribution < 1.29 is 9.53 Å². The maximum atomic E-state index is 11.9. The molecule has 1 fully saturated rings. The van der Waals surface area contributed by atoms with Crippen LogP contribution in [0, 0.1) is 0 Å². The molecule has 0 radical (unpaired) electrons. The summed E-state index contributed by atoms with van der Waals surface area (Å²) in [6, 6.07) is 9.77. The third-order valence-electron chi connectivity index (χ3n) is 3.28. The first-order chi connectivity index (χ1) is 9.83. The van der Waals surface area contributed by atoms with E-state index in [4.69, 9.17) is 4.74 Å². The normalized spacial score (nSPS) is 15.1. The van der Waals surface area contributed by atoms with E-state index in [-0.39, 0.29) is 5.91 Å². The van der Waals surface area contributed by atoms with Crippen molar-refractivity contribution in [2.75, 3.05) is 36.5 Å². The van der Waals surface area contributed by atoms with Gasteiger partial charge in [-0.25, -0.2) is 0 Å². The summed E-state index contributed by atoms with van der Waals surface area (Å²) in [5.41, 5.74) is 2.69. The summed E-state index contributed by atoms with van der Waals surface area (Å²) in [5, 5.41) is 6.64. The van der Waals surface area contributed by atoms with Crippen LogP contribution in [-0.4, -0.2) is 32.2 Å². The van der Waals surface area contributed by atoms with Crippen molar-refractivity contribution in [3.05, 3.63) is 46.7 Å². The third-order valence-corrected chi connectivity index (χ3v) is 3.97. The molecular weight excluding hydrogens is 272 g/mol. The minimum absolute atomic E-state index is 0.0645. The SMILES string of the molecule is O=C(Nc1ccc(N2CCOCC2)cc1)c1ccsc1. The third kappa shape index (κ3) is 3.00. The van der Waals surface area contributed by atoms with Crippen molar-refractivity contribution in [1.29, 1.82) is 0 Å². The molecule has 104 valence electrons. The average molecular weight is 288 g/mol. The van der Waals surface area contributed by atoms with Crippen molar-refractivity contribution in [3.63, 3.8) is 0 Å². The Kier molecular flexibility index (Phi) is 3.99. The molecule has 5 heteroatoms. The second kappa shape index (κ2) is 6.07. The van der Waals surface area contributed by atoms with Crippen molar-refractivity contribution in [3.8, 4) is 0 Å². The number of amides is 1. The van der Waals surface area contributed by atoms with Gasteiger partial charge in [0.15, 0.2) is 0 Å². The Bertz CT molecular complexity index is 560. The molecule has 0 saturated carbocycles. The molecule has 1 aromatic carbocycles. The molecule has 1 amide bonds. The van der Waals surface area contributed by atoms with E-state index in [1.165, 1.54) is 17.0 Å². The Morgan fingerprint density at radius 2 is 1.90 bits per heavy atom. The van der Waals surface area contributed by atoms with Crippen LogP contribution in [0.2, 0.25) is 0 Å². The van der Waals surface area contributed by atoms with Crippen molar-refractivity contribution in [2.24, 2.45) is 0 Å². The number of benzene rings is 1. The number of anilines is 2. The monoisotopic (exact) mass is 288 g/mol. The van der Waals surface area contributed by atoms with Crippen molar-refractivity contribution in [1.82, 2.24) is 0 Å². The van der Waals surface area contributed by atoms with E-state index in [0.717, 1.165) is 32.0 Å². The molecule has 20 heavy (non-hydrogen) atoms. The van der Waals surface area contributed by atoms with Gasteiger partial charge >= 0.3 is 0 Å². The second-order valence-corrected chi connectivity index (χ2v) is 5.39. The van der Waals surface area contributed by atoms with E-state index in [0.29, 0.717) is 5.56 Å². The zero-order chi connectivity index (χ0) is 13.8. The summed E-state index contributed by atoms with van der Waals surface area (Å²) in [5.74, 6) is -0.0645. The van der Waals surface area contributed by atoms with Crippen molar-refractivity contribution in [2.45, 2.75) is 0 Å². The van der Waals surface area contributed by atoms with Crippen LogP contribution in [0.15, 0.2) is 41.1 Å². The summed E-state index contributed by atoms with van der Waals surface area (Å²) >= 11 is 1.52. The highest BCUT2D eigenvalue weighted by Gasteiger charge is 2.11. The van der Waals surface area contributed by atoms with E-state index in [2.05, 4.69) is 10.2 Å². The van der Waals surface area contributed by atoms with Gasteiger partial charge in [0.25, 0.3) is 5.91 Å². The van der Waals surface area contributed by atoms with Crippen LogP contribution in [0.25, 0.3) is 0 Å². The van der Waals surface area contributed by atoms with Gasteiger partial charge in [-0.3, -0.25) is 4.79 Å². The van der Waals surface area contributed by atoms with E-state index >= 15 is 0 Å². The van der Waals surface area contributed by atoms with E-state index in [1.807, 2.05) is 41.1 Å². The summed E-state index contributed by atoms with van der Waals surface area (Å²) < 4.78 is 5.34. The molecule has 1 N–H and O–H groups in total. The lowest BCUT2D eigenvalue weighted by molar-refractivity contribution is 0.102. The first-order valence-corrected chi connectivity index (χ1v) is 7.53. The maximum absolute atomic E-state index is 11.9. The molecule has 0 atom stereocenters. The highest BCUT2D eigenvalue weighted by Crippen LogP contribution is 2.19. The number of nitrogens with zero attached hydrogens (tertiary/aromatic N) is 1. The fourth-order valence-corrected chi connectivity index (χ4v) is 2.81. The Hall–Kier alpha value is -1.85. The minimum atomic E-state index is -0.0645. The zero-order valence-corrected chi connectivity index (χ0v) is 11.9. The number of hydrogen-bond donors (Lipinski definition) is 1. The number of carbonyl (C=O) groups excluding carboxylic acids is 1. The van der Waals surface area contributed by atoms with Crippen LogP contribution < -0.4 is 10.2 Å². The summed E-state index contributed by atoms with van der Waals surface area (Å²) in [7, 11) is 0. The molecule has 1 aromatic heterocycles. The number of ether oxygens (including phenoxy) is 1. The molecule has 3 rings (SSSR count). The molecule has 2 aromatic rings. The van der Waals surface area contributed by atoms with Gasteiger partial charge < -0.3 is 15.0 Å². The quantitative estimate of drug-likeness (QED) is 0.944. The van der Waals surface area contributed by atoms with Crippen LogP contribution in [0.4, 0.5) is 11.4 Å². The number of carbonyl (C=O) groups is 1. The number of thiophene rings is 1. The van der Waals surface area contributed by atoms with Crippen LogP contribution in [0.5, 0.6) is 0 Å². The molecule has 0 bridgehead atoms. The van der Waals surface area contributed by atoms with Gasteiger partial charge in [-0.2, -0.15) is 11.3 Å². The summed E-state index contributed by atoms with van der Waals surface area (Å²) in [4.78, 5) is 14.2. The second-order valence-electron chi connectivity index (χ2n) is 4.61. The standard InChI is InChI=1S/C15H16N2O2S/c18-15(12-5-10-20-11-12)16-13-1-3-14(4-2-13)17-6-8-19-9-7-17/h1-5,10-11H,6-9H2,(H,16,18). The van der Waals surface area contributed by atoms with Gasteiger partial charge in [0.2, 0.25) is 0 Å². The van der Waals surface area contributed by atoms with Crippen LogP contribution >= 0.6 is 11.3 Å². The fraction of sp³-hybridized carbons (Fsp3) is 0.267. The van der Waals surface area contributed by atoms with Crippen LogP contribution in [-0.2, 0) is 4.74 Å².